The highest BCUT2D eigenvalue weighted by Crippen LogP contribution is 2.27. The Hall–Kier alpha value is -3.03. The van der Waals surface area contributed by atoms with E-state index in [-0.39, 0.29) is 24.7 Å². The van der Waals surface area contributed by atoms with E-state index < -0.39 is 11.9 Å². The predicted molar refractivity (Wildman–Crippen MR) is 126 cm³/mol. The molecule has 0 spiro atoms. The molecular weight excluding hydrogens is 410 g/mol. The van der Waals surface area contributed by atoms with Crippen LogP contribution in [0.25, 0.3) is 6.08 Å². The zero-order valence-electron chi connectivity index (χ0n) is 20.1. The summed E-state index contributed by atoms with van der Waals surface area (Å²) in [5.41, 5.74) is 0.752. The molecule has 0 fully saturated rings. The number of nitrogens with one attached hydrogen (secondary N) is 1. The monoisotopic (exact) mass is 447 g/mol. The van der Waals surface area contributed by atoms with Crippen LogP contribution in [0.15, 0.2) is 24.3 Å². The van der Waals surface area contributed by atoms with Crippen molar-refractivity contribution < 1.29 is 23.9 Å². The summed E-state index contributed by atoms with van der Waals surface area (Å²) in [4.78, 5) is 41.0. The summed E-state index contributed by atoms with van der Waals surface area (Å²) < 4.78 is 10.5. The van der Waals surface area contributed by atoms with E-state index in [0.717, 1.165) is 18.4 Å². The number of nitrogens with zero attached hydrogens (tertiary/aromatic N) is 2. The lowest BCUT2D eigenvalue weighted by atomic mass is 10.1. The van der Waals surface area contributed by atoms with Crippen molar-refractivity contribution in [3.8, 4) is 11.5 Å². The first-order valence-electron chi connectivity index (χ1n) is 11.0. The summed E-state index contributed by atoms with van der Waals surface area (Å²) in [5.74, 6) is 0.504. The van der Waals surface area contributed by atoms with Crippen molar-refractivity contribution >= 4 is 23.8 Å². The minimum Gasteiger partial charge on any atom is -0.493 e. The highest BCUT2D eigenvalue weighted by atomic mass is 16.5. The molecule has 8 heteroatoms. The van der Waals surface area contributed by atoms with E-state index in [0.29, 0.717) is 24.6 Å². The van der Waals surface area contributed by atoms with Gasteiger partial charge < -0.3 is 24.6 Å². The third-order valence-electron chi connectivity index (χ3n) is 4.89. The quantitative estimate of drug-likeness (QED) is 0.470. The average Bonchev–Trinajstić information content (AvgIpc) is 2.79. The maximum absolute atomic E-state index is 13.1. The summed E-state index contributed by atoms with van der Waals surface area (Å²) >= 11 is 0. The van der Waals surface area contributed by atoms with Gasteiger partial charge in [0.25, 0.3) is 0 Å². The lowest BCUT2D eigenvalue weighted by Gasteiger charge is -2.27. The Morgan fingerprint density at radius 2 is 1.66 bits per heavy atom. The first-order valence-corrected chi connectivity index (χ1v) is 11.0. The van der Waals surface area contributed by atoms with E-state index in [1.165, 1.54) is 11.0 Å². The standard InChI is InChI=1S/C24H37N3O5/c1-7-15-27(16-8-2)24(30)19(11-14-23(29)26(3)4)25-22(28)13-10-18-9-12-20(31-5)21(17-18)32-6/h9-10,12-13,17,19H,7-8,11,14-16H2,1-6H3,(H,25,28)/b13-10+. The van der Waals surface area contributed by atoms with Crippen molar-refractivity contribution in [2.24, 2.45) is 0 Å². The molecule has 1 atom stereocenters. The highest BCUT2D eigenvalue weighted by Gasteiger charge is 2.25. The Balaban J connectivity index is 2.96. The van der Waals surface area contributed by atoms with E-state index in [1.54, 1.807) is 57.5 Å². The second-order valence-electron chi connectivity index (χ2n) is 7.66. The summed E-state index contributed by atoms with van der Waals surface area (Å²) in [7, 11) is 6.44. The Kier molecular flexibility index (Phi) is 11.9. The van der Waals surface area contributed by atoms with Gasteiger partial charge in [-0.15, -0.1) is 0 Å². The van der Waals surface area contributed by atoms with Gasteiger partial charge in [-0.25, -0.2) is 0 Å². The van der Waals surface area contributed by atoms with Gasteiger partial charge in [-0.2, -0.15) is 0 Å². The number of ether oxygens (including phenoxy) is 2. The zero-order valence-corrected chi connectivity index (χ0v) is 20.1. The van der Waals surface area contributed by atoms with Gasteiger partial charge in [0.2, 0.25) is 17.7 Å². The first kappa shape index (κ1) is 27.0. The van der Waals surface area contributed by atoms with Crippen molar-refractivity contribution in [3.05, 3.63) is 29.8 Å². The van der Waals surface area contributed by atoms with E-state index in [9.17, 15) is 14.4 Å². The fourth-order valence-electron chi connectivity index (χ4n) is 3.19. The van der Waals surface area contributed by atoms with Crippen molar-refractivity contribution in [3.63, 3.8) is 0 Å². The molecule has 0 bridgehead atoms. The number of hydrogen-bond donors (Lipinski definition) is 1. The van der Waals surface area contributed by atoms with Crippen LogP contribution in [0.5, 0.6) is 11.5 Å². The molecule has 0 radical (unpaired) electrons. The van der Waals surface area contributed by atoms with Crippen LogP contribution in [-0.4, -0.2) is 75.0 Å². The number of benzene rings is 1. The topological polar surface area (TPSA) is 88.2 Å². The van der Waals surface area contributed by atoms with Crippen LogP contribution in [0.3, 0.4) is 0 Å². The van der Waals surface area contributed by atoms with Crippen molar-refractivity contribution in [2.45, 2.75) is 45.6 Å². The van der Waals surface area contributed by atoms with Crippen molar-refractivity contribution in [1.82, 2.24) is 15.1 Å². The van der Waals surface area contributed by atoms with E-state index in [2.05, 4.69) is 5.32 Å². The lowest BCUT2D eigenvalue weighted by Crippen LogP contribution is -2.49. The summed E-state index contributed by atoms with van der Waals surface area (Å²) in [5, 5.41) is 2.79. The van der Waals surface area contributed by atoms with Crippen LogP contribution in [0.1, 0.15) is 45.1 Å². The smallest absolute Gasteiger partial charge is 0.245 e. The summed E-state index contributed by atoms with van der Waals surface area (Å²) in [6, 6.07) is 4.54. The van der Waals surface area contributed by atoms with Gasteiger partial charge in [-0.1, -0.05) is 19.9 Å². The number of carbonyl (C=O) groups excluding carboxylic acids is 3. The minimum absolute atomic E-state index is 0.0875. The molecule has 3 amide bonds. The number of methoxy groups -OCH3 is 2. The fraction of sp³-hybridized carbons (Fsp3) is 0.542. The van der Waals surface area contributed by atoms with E-state index in [1.807, 2.05) is 13.8 Å². The molecule has 0 aliphatic rings. The van der Waals surface area contributed by atoms with Gasteiger partial charge in [0.05, 0.1) is 14.2 Å². The van der Waals surface area contributed by atoms with Crippen LogP contribution >= 0.6 is 0 Å². The second kappa shape index (κ2) is 14.1. The molecular formula is C24H37N3O5. The number of rotatable bonds is 13. The molecule has 178 valence electrons. The molecule has 1 unspecified atom stereocenters. The molecule has 0 saturated carbocycles. The van der Waals surface area contributed by atoms with E-state index >= 15 is 0 Å². The maximum atomic E-state index is 13.1. The lowest BCUT2D eigenvalue weighted by molar-refractivity contribution is -0.136. The third-order valence-corrected chi connectivity index (χ3v) is 4.89. The van der Waals surface area contributed by atoms with Crippen LogP contribution in [0.4, 0.5) is 0 Å². The largest absolute Gasteiger partial charge is 0.493 e. The molecule has 0 aromatic heterocycles. The fourth-order valence-corrected chi connectivity index (χ4v) is 3.19. The van der Waals surface area contributed by atoms with Crippen LogP contribution < -0.4 is 14.8 Å². The SMILES string of the molecule is CCCN(CCC)C(=O)C(CCC(=O)N(C)C)NC(=O)/C=C/c1ccc(OC)c(OC)c1. The molecule has 8 nitrogen and oxygen atoms in total. The normalized spacial score (nSPS) is 11.7. The van der Waals surface area contributed by atoms with Gasteiger partial charge in [-0.3, -0.25) is 14.4 Å². The molecule has 0 aliphatic carbocycles. The molecule has 1 N–H and O–H groups in total. The molecule has 0 saturated heterocycles. The van der Waals surface area contributed by atoms with Crippen molar-refractivity contribution in [2.75, 3.05) is 41.4 Å². The van der Waals surface area contributed by atoms with E-state index in [4.69, 9.17) is 9.47 Å². The molecule has 32 heavy (non-hydrogen) atoms. The molecule has 0 aliphatic heterocycles. The Labute approximate surface area is 191 Å². The van der Waals surface area contributed by atoms with Crippen molar-refractivity contribution in [1.29, 1.82) is 0 Å². The second-order valence-corrected chi connectivity index (χ2v) is 7.66. The Morgan fingerprint density at radius 1 is 1.03 bits per heavy atom. The van der Waals surface area contributed by atoms with Gasteiger partial charge in [0.1, 0.15) is 6.04 Å². The molecule has 1 aromatic rings. The average molecular weight is 448 g/mol. The minimum atomic E-state index is -0.764. The van der Waals surface area contributed by atoms with Crippen LogP contribution in [0, 0.1) is 0 Å². The first-order chi connectivity index (χ1) is 15.3. The Morgan fingerprint density at radius 3 is 2.19 bits per heavy atom. The van der Waals surface area contributed by atoms with Gasteiger partial charge in [-0.05, 0) is 43.0 Å². The van der Waals surface area contributed by atoms with Gasteiger partial charge in [0.15, 0.2) is 11.5 Å². The Bertz CT molecular complexity index is 786. The molecule has 1 rings (SSSR count). The van der Waals surface area contributed by atoms with Gasteiger partial charge in [0, 0.05) is 39.7 Å². The van der Waals surface area contributed by atoms with Gasteiger partial charge >= 0.3 is 0 Å². The third kappa shape index (κ3) is 8.61. The maximum Gasteiger partial charge on any atom is 0.245 e. The zero-order chi connectivity index (χ0) is 24.1. The molecule has 0 heterocycles. The number of hydrogen-bond acceptors (Lipinski definition) is 5. The predicted octanol–water partition coefficient (Wildman–Crippen LogP) is 2.72. The van der Waals surface area contributed by atoms with Crippen LogP contribution in [-0.2, 0) is 14.4 Å². The summed E-state index contributed by atoms with van der Waals surface area (Å²) in [6.07, 6.45) is 5.08. The number of amides is 3. The van der Waals surface area contributed by atoms with Crippen LogP contribution in [0.2, 0.25) is 0 Å². The number of carbonyl (C=O) groups is 3. The summed E-state index contributed by atoms with van der Waals surface area (Å²) in [6.45, 7) is 5.24. The highest BCUT2D eigenvalue weighted by molar-refractivity contribution is 5.95. The molecule has 1 aromatic carbocycles.